The van der Waals surface area contributed by atoms with E-state index < -0.39 is 11.7 Å². The maximum atomic E-state index is 11.0. The van der Waals surface area contributed by atoms with Gasteiger partial charge in [0.25, 0.3) is 0 Å². The average Bonchev–Trinajstić information content (AvgIpc) is 2.59. The fourth-order valence-corrected chi connectivity index (χ4v) is 1.99. The number of ether oxygens (including phenoxy) is 1. The lowest BCUT2D eigenvalue weighted by Crippen LogP contribution is -2.46. The number of carbonyl (C=O) groups is 1. The van der Waals surface area contributed by atoms with Crippen LogP contribution in [0.25, 0.3) is 0 Å². The Kier molecular flexibility index (Phi) is 1.99. The highest BCUT2D eigenvalue weighted by molar-refractivity contribution is 6.02. The summed E-state index contributed by atoms with van der Waals surface area (Å²) in [6, 6.07) is 0.446. The van der Waals surface area contributed by atoms with Crippen LogP contribution in [0.3, 0.4) is 0 Å². The predicted molar refractivity (Wildman–Crippen MR) is 52.2 cm³/mol. The summed E-state index contributed by atoms with van der Waals surface area (Å²) >= 11 is 0. The van der Waals surface area contributed by atoms with Crippen LogP contribution in [0.2, 0.25) is 0 Å². The summed E-state index contributed by atoms with van der Waals surface area (Å²) < 4.78 is 5.19. The van der Waals surface area contributed by atoms with E-state index in [4.69, 9.17) is 10.5 Å². The Morgan fingerprint density at radius 3 is 2.79 bits per heavy atom. The zero-order chi connectivity index (χ0) is 10.3. The summed E-state index contributed by atoms with van der Waals surface area (Å²) in [6.07, 6.45) is 0.208. The molecule has 1 amide bonds. The zero-order valence-corrected chi connectivity index (χ0v) is 8.49. The first-order valence-corrected chi connectivity index (χ1v) is 4.85. The highest BCUT2D eigenvalue weighted by Crippen LogP contribution is 2.30. The molecule has 1 unspecified atom stereocenters. The second kappa shape index (κ2) is 2.95. The van der Waals surface area contributed by atoms with Crippen LogP contribution < -0.4 is 5.73 Å². The highest BCUT2D eigenvalue weighted by Gasteiger charge is 2.49. The summed E-state index contributed by atoms with van der Waals surface area (Å²) in [6.45, 7) is 5.80. The third kappa shape index (κ3) is 1.28. The molecule has 2 aliphatic heterocycles. The van der Waals surface area contributed by atoms with Crippen LogP contribution in [0.1, 0.15) is 20.3 Å². The number of hydrogen-bond donors (Lipinski definition) is 1. The Morgan fingerprint density at radius 2 is 2.36 bits per heavy atom. The first-order chi connectivity index (χ1) is 6.53. The molecule has 1 spiro atoms. The molecule has 0 saturated carbocycles. The van der Waals surface area contributed by atoms with E-state index in [2.05, 4.69) is 23.7 Å². The molecule has 5 heteroatoms. The minimum Gasteiger partial charge on any atom is -0.432 e. The van der Waals surface area contributed by atoms with Gasteiger partial charge in [0.2, 0.25) is 0 Å². The van der Waals surface area contributed by atoms with Crippen LogP contribution in [0.5, 0.6) is 0 Å². The number of amidine groups is 1. The number of carbonyl (C=O) groups excluding carboxylic acids is 1. The molecule has 0 aromatic heterocycles. The van der Waals surface area contributed by atoms with Gasteiger partial charge in [-0.3, -0.25) is 4.90 Å². The maximum absolute atomic E-state index is 11.0. The van der Waals surface area contributed by atoms with E-state index in [1.54, 1.807) is 0 Å². The molecule has 14 heavy (non-hydrogen) atoms. The molecular weight excluding hydrogens is 182 g/mol. The van der Waals surface area contributed by atoms with Crippen LogP contribution in [0, 0.1) is 0 Å². The summed E-state index contributed by atoms with van der Waals surface area (Å²) in [5, 5.41) is 0. The van der Waals surface area contributed by atoms with Crippen LogP contribution in [-0.2, 0) is 4.74 Å². The van der Waals surface area contributed by atoms with Gasteiger partial charge >= 0.3 is 6.09 Å². The smallest absolute Gasteiger partial charge is 0.432 e. The number of likely N-dealkylation sites (tertiary alicyclic amines) is 1. The van der Waals surface area contributed by atoms with Crippen LogP contribution in [0.15, 0.2) is 4.99 Å². The SMILES string of the molecule is CC(C)N1CCC2(C1)OC(=O)N=C2N. The Labute approximate surface area is 82.9 Å². The van der Waals surface area contributed by atoms with Crippen LogP contribution in [0.4, 0.5) is 4.79 Å². The molecule has 2 rings (SSSR count). The standard InChI is InChI=1S/C9H15N3O2/c1-6(2)12-4-3-9(5-12)7(10)11-8(13)14-9/h6H,3-5H2,1-2H3,(H2,10,11,13). The fourth-order valence-electron chi connectivity index (χ4n) is 1.99. The minimum atomic E-state index is -0.624. The van der Waals surface area contributed by atoms with E-state index in [1.807, 2.05) is 0 Å². The Balaban J connectivity index is 2.15. The molecular formula is C9H15N3O2. The number of aliphatic imine (C=N–C) groups is 1. The second-order valence-corrected chi connectivity index (χ2v) is 4.17. The molecule has 2 N–H and O–H groups in total. The number of nitrogens with two attached hydrogens (primary N) is 1. The second-order valence-electron chi connectivity index (χ2n) is 4.17. The predicted octanol–water partition coefficient (Wildman–Crippen LogP) is 0.347. The molecule has 5 nitrogen and oxygen atoms in total. The summed E-state index contributed by atoms with van der Waals surface area (Å²) in [5.74, 6) is 0.339. The van der Waals surface area contributed by atoms with Gasteiger partial charge in [0, 0.05) is 25.6 Å². The molecule has 0 bridgehead atoms. The molecule has 0 aromatic carbocycles. The summed E-state index contributed by atoms with van der Waals surface area (Å²) in [4.78, 5) is 16.8. The molecule has 1 fully saturated rings. The molecule has 1 atom stereocenters. The van der Waals surface area contributed by atoms with E-state index in [1.165, 1.54) is 0 Å². The van der Waals surface area contributed by atoms with Gasteiger partial charge in [-0.1, -0.05) is 0 Å². The molecule has 2 heterocycles. The molecule has 78 valence electrons. The van der Waals surface area contributed by atoms with Crippen molar-refractivity contribution in [3.8, 4) is 0 Å². The third-order valence-electron chi connectivity index (χ3n) is 2.95. The van der Waals surface area contributed by atoms with Crippen molar-refractivity contribution in [1.82, 2.24) is 4.90 Å². The fraction of sp³-hybridized carbons (Fsp3) is 0.778. The Morgan fingerprint density at radius 1 is 1.64 bits per heavy atom. The van der Waals surface area contributed by atoms with E-state index in [0.29, 0.717) is 18.4 Å². The van der Waals surface area contributed by atoms with Crippen molar-refractivity contribution in [3.63, 3.8) is 0 Å². The van der Waals surface area contributed by atoms with Crippen molar-refractivity contribution in [2.24, 2.45) is 10.7 Å². The maximum Gasteiger partial charge on any atom is 0.436 e. The molecule has 0 aliphatic carbocycles. The first-order valence-electron chi connectivity index (χ1n) is 4.85. The largest absolute Gasteiger partial charge is 0.436 e. The van der Waals surface area contributed by atoms with Gasteiger partial charge in [-0.2, -0.15) is 4.99 Å². The summed E-state index contributed by atoms with van der Waals surface area (Å²) in [7, 11) is 0. The zero-order valence-electron chi connectivity index (χ0n) is 8.49. The van der Waals surface area contributed by atoms with E-state index >= 15 is 0 Å². The molecule has 2 aliphatic rings. The number of nitrogens with zero attached hydrogens (tertiary/aromatic N) is 2. The molecule has 1 saturated heterocycles. The lowest BCUT2D eigenvalue weighted by atomic mass is 10.0. The van der Waals surface area contributed by atoms with Gasteiger partial charge in [0.1, 0.15) is 0 Å². The van der Waals surface area contributed by atoms with Crippen molar-refractivity contribution in [2.75, 3.05) is 13.1 Å². The quantitative estimate of drug-likeness (QED) is 0.658. The molecule has 0 radical (unpaired) electrons. The van der Waals surface area contributed by atoms with Crippen molar-refractivity contribution < 1.29 is 9.53 Å². The van der Waals surface area contributed by atoms with Crippen molar-refractivity contribution in [1.29, 1.82) is 0 Å². The monoisotopic (exact) mass is 197 g/mol. The molecule has 0 aromatic rings. The van der Waals surface area contributed by atoms with Gasteiger partial charge in [0.15, 0.2) is 11.4 Å². The number of hydrogen-bond acceptors (Lipinski definition) is 4. The van der Waals surface area contributed by atoms with E-state index in [0.717, 1.165) is 13.0 Å². The Hall–Kier alpha value is -1.10. The van der Waals surface area contributed by atoms with Crippen LogP contribution in [-0.4, -0.2) is 41.6 Å². The van der Waals surface area contributed by atoms with E-state index in [-0.39, 0.29) is 0 Å². The van der Waals surface area contributed by atoms with Crippen molar-refractivity contribution >= 4 is 11.9 Å². The van der Waals surface area contributed by atoms with Gasteiger partial charge in [-0.15, -0.1) is 0 Å². The lowest BCUT2D eigenvalue weighted by Gasteiger charge is -2.24. The summed E-state index contributed by atoms with van der Waals surface area (Å²) in [5.41, 5.74) is 5.08. The third-order valence-corrected chi connectivity index (χ3v) is 2.95. The van der Waals surface area contributed by atoms with Gasteiger partial charge < -0.3 is 10.5 Å². The van der Waals surface area contributed by atoms with Gasteiger partial charge in [-0.25, -0.2) is 4.79 Å². The van der Waals surface area contributed by atoms with Crippen molar-refractivity contribution in [3.05, 3.63) is 0 Å². The highest BCUT2D eigenvalue weighted by atomic mass is 16.6. The lowest BCUT2D eigenvalue weighted by molar-refractivity contribution is 0.0827. The number of amides is 1. The van der Waals surface area contributed by atoms with Gasteiger partial charge in [0.05, 0.1) is 0 Å². The Bertz CT molecular complexity index is 300. The topological polar surface area (TPSA) is 67.9 Å². The first kappa shape index (κ1) is 9.45. The van der Waals surface area contributed by atoms with E-state index in [9.17, 15) is 4.79 Å². The van der Waals surface area contributed by atoms with Crippen LogP contribution >= 0.6 is 0 Å². The average molecular weight is 197 g/mol. The van der Waals surface area contributed by atoms with Gasteiger partial charge in [-0.05, 0) is 13.8 Å². The number of rotatable bonds is 1. The van der Waals surface area contributed by atoms with Crippen molar-refractivity contribution in [2.45, 2.75) is 31.9 Å². The normalized spacial score (nSPS) is 32.8. The minimum absolute atomic E-state index is 0.339.